The normalized spacial score (nSPS) is 18.6. The average Bonchev–Trinajstić information content (AvgIpc) is 2.47. The van der Waals surface area contributed by atoms with Gasteiger partial charge in [0.05, 0.1) is 7.11 Å². The minimum Gasteiger partial charge on any atom is -0.497 e. The first-order chi connectivity index (χ1) is 9.90. The fourth-order valence-electron chi connectivity index (χ4n) is 2.33. The third-order valence-electron chi connectivity index (χ3n) is 3.62. The molecule has 118 valence electrons. The molecule has 0 bridgehead atoms. The van der Waals surface area contributed by atoms with Crippen molar-refractivity contribution < 1.29 is 23.0 Å². The van der Waals surface area contributed by atoms with Gasteiger partial charge in [-0.05, 0) is 24.3 Å². The van der Waals surface area contributed by atoms with Gasteiger partial charge in [-0.3, -0.25) is 4.90 Å². The minimum absolute atomic E-state index is 0.361. The molecule has 0 amide bonds. The zero-order valence-corrected chi connectivity index (χ0v) is 11.8. The molecular formula is C14H19F3N2O2. The molecule has 1 atom stereocenters. The van der Waals surface area contributed by atoms with Crippen molar-refractivity contribution in [3.8, 4) is 5.75 Å². The van der Waals surface area contributed by atoms with E-state index in [0.717, 1.165) is 11.4 Å². The van der Waals surface area contributed by atoms with Crippen molar-refractivity contribution in [1.82, 2.24) is 4.90 Å². The van der Waals surface area contributed by atoms with Crippen LogP contribution in [-0.4, -0.2) is 62.1 Å². The number of benzene rings is 1. The SMILES string of the molecule is COc1ccc(N2CCN(C[C@@H](O)C(F)(F)F)CC2)cc1. The number of piperazine rings is 1. The second kappa shape index (κ2) is 6.53. The molecule has 1 aromatic carbocycles. The lowest BCUT2D eigenvalue weighted by atomic mass is 10.2. The number of nitrogens with zero attached hydrogens (tertiary/aromatic N) is 2. The van der Waals surface area contributed by atoms with Gasteiger partial charge in [0.25, 0.3) is 0 Å². The van der Waals surface area contributed by atoms with Crippen LogP contribution in [0, 0.1) is 0 Å². The van der Waals surface area contributed by atoms with E-state index in [0.29, 0.717) is 26.2 Å². The summed E-state index contributed by atoms with van der Waals surface area (Å²) in [6.45, 7) is 1.91. The zero-order chi connectivity index (χ0) is 15.5. The first kappa shape index (κ1) is 15.9. The van der Waals surface area contributed by atoms with Crippen LogP contribution in [0.2, 0.25) is 0 Å². The molecule has 0 aromatic heterocycles. The highest BCUT2D eigenvalue weighted by Gasteiger charge is 2.39. The van der Waals surface area contributed by atoms with Gasteiger partial charge < -0.3 is 14.7 Å². The third kappa shape index (κ3) is 4.25. The number of aliphatic hydroxyl groups is 1. The Kier molecular flexibility index (Phi) is 4.95. The van der Waals surface area contributed by atoms with Gasteiger partial charge in [-0.2, -0.15) is 13.2 Å². The van der Waals surface area contributed by atoms with Crippen LogP contribution in [-0.2, 0) is 0 Å². The van der Waals surface area contributed by atoms with Crippen molar-refractivity contribution >= 4 is 5.69 Å². The van der Waals surface area contributed by atoms with Crippen LogP contribution in [0.3, 0.4) is 0 Å². The number of ether oxygens (including phenoxy) is 1. The number of methoxy groups -OCH3 is 1. The van der Waals surface area contributed by atoms with Gasteiger partial charge in [0.1, 0.15) is 5.75 Å². The average molecular weight is 304 g/mol. The van der Waals surface area contributed by atoms with Crippen LogP contribution < -0.4 is 9.64 Å². The highest BCUT2D eigenvalue weighted by molar-refractivity contribution is 5.49. The predicted octanol–water partition coefficient (Wildman–Crippen LogP) is 1.74. The highest BCUT2D eigenvalue weighted by Crippen LogP contribution is 2.23. The topological polar surface area (TPSA) is 35.9 Å². The fourth-order valence-corrected chi connectivity index (χ4v) is 2.33. The lowest BCUT2D eigenvalue weighted by Crippen LogP contribution is -2.50. The number of alkyl halides is 3. The molecule has 2 rings (SSSR count). The van der Waals surface area contributed by atoms with E-state index in [4.69, 9.17) is 9.84 Å². The summed E-state index contributed by atoms with van der Waals surface area (Å²) < 4.78 is 42.0. The molecule has 21 heavy (non-hydrogen) atoms. The van der Waals surface area contributed by atoms with Crippen LogP contribution in [0.15, 0.2) is 24.3 Å². The van der Waals surface area contributed by atoms with Crippen LogP contribution >= 0.6 is 0 Å². The molecule has 0 unspecified atom stereocenters. The van der Waals surface area contributed by atoms with Gasteiger partial charge in [0.15, 0.2) is 6.10 Å². The van der Waals surface area contributed by atoms with Crippen LogP contribution in [0.5, 0.6) is 5.75 Å². The third-order valence-corrected chi connectivity index (χ3v) is 3.62. The number of hydrogen-bond acceptors (Lipinski definition) is 4. The Bertz CT molecular complexity index is 443. The summed E-state index contributed by atoms with van der Waals surface area (Å²) in [6.07, 6.45) is -6.82. The quantitative estimate of drug-likeness (QED) is 0.919. The van der Waals surface area contributed by atoms with E-state index >= 15 is 0 Å². The summed E-state index contributed by atoms with van der Waals surface area (Å²) in [4.78, 5) is 3.74. The van der Waals surface area contributed by atoms with Gasteiger partial charge in [-0.25, -0.2) is 0 Å². The minimum atomic E-state index is -4.55. The molecule has 1 aliphatic rings. The van der Waals surface area contributed by atoms with Gasteiger partial charge in [0, 0.05) is 38.4 Å². The number of β-amino-alcohol motifs (C(OH)–C–C–N with tert-alkyl or cyclic N) is 1. The maximum atomic E-state index is 12.3. The lowest BCUT2D eigenvalue weighted by Gasteiger charge is -2.37. The molecule has 0 radical (unpaired) electrons. The van der Waals surface area contributed by atoms with Crippen molar-refractivity contribution in [3.05, 3.63) is 24.3 Å². The number of rotatable bonds is 4. The van der Waals surface area contributed by atoms with Crippen molar-refractivity contribution in [2.24, 2.45) is 0 Å². The van der Waals surface area contributed by atoms with Gasteiger partial charge in [-0.1, -0.05) is 0 Å². The maximum Gasteiger partial charge on any atom is 0.415 e. The van der Waals surface area contributed by atoms with Gasteiger partial charge in [-0.15, -0.1) is 0 Å². The number of aliphatic hydroxyl groups excluding tert-OH is 1. The fraction of sp³-hybridized carbons (Fsp3) is 0.571. The van der Waals surface area contributed by atoms with E-state index in [2.05, 4.69) is 4.90 Å². The Morgan fingerprint density at radius 2 is 1.71 bits per heavy atom. The molecule has 1 aromatic rings. The summed E-state index contributed by atoms with van der Waals surface area (Å²) in [5, 5.41) is 9.08. The monoisotopic (exact) mass is 304 g/mol. The van der Waals surface area contributed by atoms with Crippen molar-refractivity contribution in [2.45, 2.75) is 12.3 Å². The van der Waals surface area contributed by atoms with E-state index in [1.165, 1.54) is 0 Å². The first-order valence-electron chi connectivity index (χ1n) is 6.76. The van der Waals surface area contributed by atoms with Crippen LogP contribution in [0.1, 0.15) is 0 Å². The van der Waals surface area contributed by atoms with Crippen LogP contribution in [0.25, 0.3) is 0 Å². The van der Waals surface area contributed by atoms with E-state index in [-0.39, 0.29) is 6.54 Å². The molecule has 1 heterocycles. The van der Waals surface area contributed by atoms with Gasteiger partial charge in [0.2, 0.25) is 0 Å². The van der Waals surface area contributed by atoms with Crippen molar-refractivity contribution in [2.75, 3.05) is 44.7 Å². The van der Waals surface area contributed by atoms with Crippen LogP contribution in [0.4, 0.5) is 18.9 Å². The molecule has 4 nitrogen and oxygen atoms in total. The standard InChI is InChI=1S/C14H19F3N2O2/c1-21-12-4-2-11(3-5-12)19-8-6-18(7-9-19)10-13(20)14(15,16)17/h2-5,13,20H,6-10H2,1H3/t13-/m1/s1. The summed E-state index contributed by atoms with van der Waals surface area (Å²) in [7, 11) is 1.60. The second-order valence-corrected chi connectivity index (χ2v) is 5.04. The van der Waals surface area contributed by atoms with E-state index in [1.807, 2.05) is 24.3 Å². The Hall–Kier alpha value is -1.47. The van der Waals surface area contributed by atoms with Crippen molar-refractivity contribution in [3.63, 3.8) is 0 Å². The van der Waals surface area contributed by atoms with E-state index in [1.54, 1.807) is 12.0 Å². The largest absolute Gasteiger partial charge is 0.497 e. The summed E-state index contributed by atoms with van der Waals surface area (Å²) >= 11 is 0. The molecule has 0 aliphatic carbocycles. The number of hydrogen-bond donors (Lipinski definition) is 1. The molecule has 1 aliphatic heterocycles. The second-order valence-electron chi connectivity index (χ2n) is 5.04. The predicted molar refractivity (Wildman–Crippen MR) is 73.7 cm³/mol. The lowest BCUT2D eigenvalue weighted by molar-refractivity contribution is -0.208. The number of anilines is 1. The molecule has 0 spiro atoms. The first-order valence-corrected chi connectivity index (χ1v) is 6.76. The van der Waals surface area contributed by atoms with Crippen molar-refractivity contribution in [1.29, 1.82) is 0 Å². The molecule has 1 saturated heterocycles. The highest BCUT2D eigenvalue weighted by atomic mass is 19.4. The molecular weight excluding hydrogens is 285 g/mol. The molecule has 1 N–H and O–H groups in total. The Morgan fingerprint density at radius 3 is 2.19 bits per heavy atom. The molecule has 1 fully saturated rings. The molecule has 0 saturated carbocycles. The number of halogens is 3. The smallest absolute Gasteiger partial charge is 0.415 e. The van der Waals surface area contributed by atoms with E-state index in [9.17, 15) is 13.2 Å². The Balaban J connectivity index is 1.85. The Morgan fingerprint density at radius 1 is 1.14 bits per heavy atom. The van der Waals surface area contributed by atoms with E-state index < -0.39 is 12.3 Å². The zero-order valence-electron chi connectivity index (χ0n) is 11.8. The molecule has 7 heteroatoms. The summed E-state index contributed by atoms with van der Waals surface area (Å²) in [5.74, 6) is 0.769. The summed E-state index contributed by atoms with van der Waals surface area (Å²) in [5.41, 5.74) is 1.02. The Labute approximate surface area is 121 Å². The van der Waals surface area contributed by atoms with Gasteiger partial charge >= 0.3 is 6.18 Å². The maximum absolute atomic E-state index is 12.3. The summed E-state index contributed by atoms with van der Waals surface area (Å²) in [6, 6.07) is 7.57.